The highest BCUT2D eigenvalue weighted by Gasteiger charge is 2.42. The van der Waals surface area contributed by atoms with Gasteiger partial charge in [-0.25, -0.2) is 0 Å². The van der Waals surface area contributed by atoms with Crippen LogP contribution in [-0.4, -0.2) is 42.3 Å². The summed E-state index contributed by atoms with van der Waals surface area (Å²) in [4.78, 5) is 10.9. The van der Waals surface area contributed by atoms with Crippen molar-refractivity contribution in [3.63, 3.8) is 0 Å². The summed E-state index contributed by atoms with van der Waals surface area (Å²) in [5, 5.41) is 8.17. The number of carboxylic acids is 1. The molecule has 0 rings (SSSR count). The van der Waals surface area contributed by atoms with Crippen LogP contribution in [0.2, 0.25) is 0 Å². The van der Waals surface area contributed by atoms with E-state index in [2.05, 4.69) is 0 Å². The van der Waals surface area contributed by atoms with Crippen LogP contribution >= 0.6 is 0 Å². The fraction of sp³-hybridized carbons (Fsp3) is 0.833. The van der Waals surface area contributed by atoms with Crippen LogP contribution in [0.4, 0.5) is 13.2 Å². The second-order valence-corrected chi connectivity index (χ2v) is 2.62. The van der Waals surface area contributed by atoms with E-state index in [4.69, 9.17) is 5.11 Å². The van der Waals surface area contributed by atoms with Gasteiger partial charge in [0, 0.05) is 0 Å². The quantitative estimate of drug-likeness (QED) is 0.711. The molecule has 0 aromatic carbocycles. The van der Waals surface area contributed by atoms with Crippen LogP contribution in [0.1, 0.15) is 6.42 Å². The lowest BCUT2D eigenvalue weighted by Gasteiger charge is -2.24. The molecule has 0 spiro atoms. The Kier molecular flexibility index (Phi) is 3.51. The average Bonchev–Trinajstić information content (AvgIpc) is 1.79. The smallest absolute Gasteiger partial charge is 0.404 e. The average molecular weight is 185 g/mol. The summed E-state index contributed by atoms with van der Waals surface area (Å²) in [6, 6.07) is -1.91. The molecule has 12 heavy (non-hydrogen) atoms. The van der Waals surface area contributed by atoms with Crippen LogP contribution < -0.4 is 0 Å². The molecular formula is C6H10F3NO2. The predicted molar refractivity (Wildman–Crippen MR) is 35.8 cm³/mol. The van der Waals surface area contributed by atoms with E-state index in [0.717, 1.165) is 4.90 Å². The Balaban J connectivity index is 4.35. The topological polar surface area (TPSA) is 40.5 Å². The first-order valence-electron chi connectivity index (χ1n) is 3.20. The highest BCUT2D eigenvalue weighted by molar-refractivity contribution is 5.67. The number of carbonyl (C=O) groups is 1. The Hall–Kier alpha value is -0.780. The van der Waals surface area contributed by atoms with E-state index >= 15 is 0 Å². The monoisotopic (exact) mass is 185 g/mol. The molecule has 0 radical (unpaired) electrons. The number of hydrogen-bond acceptors (Lipinski definition) is 2. The van der Waals surface area contributed by atoms with E-state index in [1.54, 1.807) is 0 Å². The molecule has 0 bridgehead atoms. The molecular weight excluding hydrogens is 175 g/mol. The van der Waals surface area contributed by atoms with Crippen molar-refractivity contribution in [1.29, 1.82) is 0 Å². The summed E-state index contributed by atoms with van der Waals surface area (Å²) in [6.07, 6.45) is -5.40. The van der Waals surface area contributed by atoms with E-state index in [-0.39, 0.29) is 0 Å². The van der Waals surface area contributed by atoms with Crippen LogP contribution in [0.3, 0.4) is 0 Å². The first kappa shape index (κ1) is 11.2. The summed E-state index contributed by atoms with van der Waals surface area (Å²) in [7, 11) is 2.39. The third-order valence-corrected chi connectivity index (χ3v) is 1.37. The van der Waals surface area contributed by atoms with Crippen molar-refractivity contribution in [3.8, 4) is 0 Å². The normalized spacial score (nSPS) is 14.8. The Labute approximate surface area is 67.8 Å². The van der Waals surface area contributed by atoms with Gasteiger partial charge in [0.25, 0.3) is 0 Å². The molecule has 1 atom stereocenters. The maximum Gasteiger partial charge on any atom is 0.404 e. The molecule has 0 amide bonds. The number of hydrogen-bond donors (Lipinski definition) is 1. The Morgan fingerprint density at radius 3 is 2.00 bits per heavy atom. The molecule has 0 fully saturated rings. The van der Waals surface area contributed by atoms with Gasteiger partial charge in [-0.3, -0.25) is 9.69 Å². The second-order valence-electron chi connectivity index (χ2n) is 2.62. The Morgan fingerprint density at radius 1 is 1.50 bits per heavy atom. The van der Waals surface area contributed by atoms with E-state index in [1.165, 1.54) is 14.1 Å². The number of carboxylic acid groups (broad SMARTS) is 1. The maximum absolute atomic E-state index is 12.0. The summed E-state index contributed by atoms with van der Waals surface area (Å²) >= 11 is 0. The minimum absolute atomic E-state index is 0.841. The molecule has 6 heteroatoms. The summed E-state index contributed by atoms with van der Waals surface area (Å²) < 4.78 is 36.1. The number of alkyl halides is 3. The highest BCUT2D eigenvalue weighted by Crippen LogP contribution is 2.25. The third-order valence-electron chi connectivity index (χ3n) is 1.37. The van der Waals surface area contributed by atoms with Gasteiger partial charge in [-0.2, -0.15) is 13.2 Å². The minimum atomic E-state index is -4.48. The molecule has 0 aliphatic rings. The minimum Gasteiger partial charge on any atom is -0.481 e. The van der Waals surface area contributed by atoms with Gasteiger partial charge in [-0.05, 0) is 14.1 Å². The standard InChI is InChI=1S/C6H10F3NO2/c1-10(2)4(3-5(11)12)6(7,8)9/h4H,3H2,1-2H3,(H,11,12). The van der Waals surface area contributed by atoms with E-state index in [1.807, 2.05) is 0 Å². The predicted octanol–water partition coefficient (Wildman–Crippen LogP) is 0.954. The largest absolute Gasteiger partial charge is 0.481 e. The summed E-state index contributed by atoms with van der Waals surface area (Å²) in [5.74, 6) is -1.45. The van der Waals surface area contributed by atoms with Crippen LogP contribution in [0.25, 0.3) is 0 Å². The van der Waals surface area contributed by atoms with Crippen LogP contribution in [0.5, 0.6) is 0 Å². The SMILES string of the molecule is CN(C)C(CC(=O)O)C(F)(F)F. The fourth-order valence-electron chi connectivity index (χ4n) is 0.756. The second kappa shape index (κ2) is 3.75. The van der Waals surface area contributed by atoms with Gasteiger partial charge in [0.05, 0.1) is 6.42 Å². The Morgan fingerprint density at radius 2 is 1.92 bits per heavy atom. The third kappa shape index (κ3) is 3.56. The fourth-order valence-corrected chi connectivity index (χ4v) is 0.756. The van der Waals surface area contributed by atoms with Crippen LogP contribution in [0.15, 0.2) is 0 Å². The van der Waals surface area contributed by atoms with Gasteiger partial charge in [0.15, 0.2) is 0 Å². The van der Waals surface area contributed by atoms with Gasteiger partial charge < -0.3 is 5.11 Å². The van der Waals surface area contributed by atoms with Crippen molar-refractivity contribution in [2.45, 2.75) is 18.6 Å². The van der Waals surface area contributed by atoms with Gasteiger partial charge in [0.2, 0.25) is 0 Å². The van der Waals surface area contributed by atoms with Gasteiger partial charge in [-0.1, -0.05) is 0 Å². The van der Waals surface area contributed by atoms with Crippen molar-refractivity contribution in [2.75, 3.05) is 14.1 Å². The number of halogens is 3. The number of aliphatic carboxylic acids is 1. The van der Waals surface area contributed by atoms with Gasteiger partial charge in [0.1, 0.15) is 6.04 Å². The van der Waals surface area contributed by atoms with E-state index in [0.29, 0.717) is 0 Å². The lowest BCUT2D eigenvalue weighted by molar-refractivity contribution is -0.184. The molecule has 0 saturated heterocycles. The zero-order valence-electron chi connectivity index (χ0n) is 6.72. The summed E-state index contributed by atoms with van der Waals surface area (Å²) in [5.41, 5.74) is 0. The molecule has 0 aliphatic heterocycles. The zero-order valence-corrected chi connectivity index (χ0v) is 6.72. The Bertz CT molecular complexity index is 167. The molecule has 0 aromatic rings. The lowest BCUT2D eigenvalue weighted by atomic mass is 10.2. The molecule has 1 N–H and O–H groups in total. The van der Waals surface area contributed by atoms with Crippen molar-refractivity contribution in [1.82, 2.24) is 4.90 Å². The molecule has 0 saturated carbocycles. The van der Waals surface area contributed by atoms with Crippen LogP contribution in [0, 0.1) is 0 Å². The lowest BCUT2D eigenvalue weighted by Crippen LogP contribution is -2.42. The number of nitrogens with zero attached hydrogens (tertiary/aromatic N) is 1. The van der Waals surface area contributed by atoms with Crippen molar-refractivity contribution in [2.24, 2.45) is 0 Å². The van der Waals surface area contributed by atoms with Crippen molar-refractivity contribution in [3.05, 3.63) is 0 Å². The number of rotatable bonds is 3. The molecule has 0 heterocycles. The van der Waals surface area contributed by atoms with E-state index in [9.17, 15) is 18.0 Å². The van der Waals surface area contributed by atoms with Crippen molar-refractivity contribution >= 4 is 5.97 Å². The highest BCUT2D eigenvalue weighted by atomic mass is 19.4. The summed E-state index contributed by atoms with van der Waals surface area (Å²) in [6.45, 7) is 0. The molecule has 3 nitrogen and oxygen atoms in total. The van der Waals surface area contributed by atoms with Gasteiger partial charge >= 0.3 is 12.1 Å². The molecule has 72 valence electrons. The molecule has 0 aliphatic carbocycles. The first-order valence-corrected chi connectivity index (χ1v) is 3.20. The van der Waals surface area contributed by atoms with Crippen molar-refractivity contribution < 1.29 is 23.1 Å². The molecule has 0 aromatic heterocycles. The van der Waals surface area contributed by atoms with Gasteiger partial charge in [-0.15, -0.1) is 0 Å². The van der Waals surface area contributed by atoms with E-state index < -0.39 is 24.6 Å². The molecule has 1 unspecified atom stereocenters. The maximum atomic E-state index is 12.0. The van der Waals surface area contributed by atoms with Crippen LogP contribution in [-0.2, 0) is 4.79 Å². The first-order chi connectivity index (χ1) is 5.25. The zero-order chi connectivity index (χ0) is 9.94.